The van der Waals surface area contributed by atoms with Crippen molar-refractivity contribution in [3.05, 3.63) is 51.8 Å². The SMILES string of the molecule is Cc1cc(C)c(NCC(=O)N/N=C/c2c(CO)cnc(C)c2O)c(C)c1. The first-order valence-corrected chi connectivity index (χ1v) is 8.25. The summed E-state index contributed by atoms with van der Waals surface area (Å²) < 4.78 is 0. The summed E-state index contributed by atoms with van der Waals surface area (Å²) in [5.74, 6) is -0.393. The van der Waals surface area contributed by atoms with Crippen LogP contribution >= 0.6 is 0 Å². The molecule has 1 aromatic carbocycles. The van der Waals surface area contributed by atoms with Gasteiger partial charge < -0.3 is 15.5 Å². The number of aliphatic hydroxyl groups excluding tert-OH is 1. The second kappa shape index (κ2) is 8.44. The first-order valence-electron chi connectivity index (χ1n) is 8.25. The summed E-state index contributed by atoms with van der Waals surface area (Å²) in [6.07, 6.45) is 2.76. The van der Waals surface area contributed by atoms with Crippen LogP contribution in [0.3, 0.4) is 0 Å². The Hall–Kier alpha value is -2.93. The number of nitrogens with zero attached hydrogens (tertiary/aromatic N) is 2. The summed E-state index contributed by atoms with van der Waals surface area (Å²) in [7, 11) is 0. The summed E-state index contributed by atoms with van der Waals surface area (Å²) in [5.41, 5.74) is 7.83. The van der Waals surface area contributed by atoms with Crippen molar-refractivity contribution in [2.45, 2.75) is 34.3 Å². The first kappa shape index (κ1) is 19.4. The van der Waals surface area contributed by atoms with Crippen LogP contribution in [0.15, 0.2) is 23.4 Å². The third-order valence-corrected chi connectivity index (χ3v) is 4.01. The van der Waals surface area contributed by atoms with Crippen molar-refractivity contribution in [3.8, 4) is 5.75 Å². The van der Waals surface area contributed by atoms with Gasteiger partial charge in [-0.2, -0.15) is 5.10 Å². The lowest BCUT2D eigenvalue weighted by molar-refractivity contribution is -0.119. The molecule has 0 bridgehead atoms. The van der Waals surface area contributed by atoms with Gasteiger partial charge in [0.05, 0.1) is 25.1 Å². The molecule has 0 aliphatic carbocycles. The van der Waals surface area contributed by atoms with E-state index in [9.17, 15) is 15.0 Å². The molecular weight excluding hydrogens is 332 g/mol. The lowest BCUT2D eigenvalue weighted by atomic mass is 10.1. The van der Waals surface area contributed by atoms with E-state index in [1.807, 2.05) is 20.8 Å². The Bertz CT molecular complexity index is 824. The molecule has 0 radical (unpaired) electrons. The van der Waals surface area contributed by atoms with Crippen LogP contribution in [0.5, 0.6) is 5.75 Å². The zero-order valence-electron chi connectivity index (χ0n) is 15.4. The Morgan fingerprint density at radius 3 is 2.50 bits per heavy atom. The highest BCUT2D eigenvalue weighted by atomic mass is 16.3. The van der Waals surface area contributed by atoms with Gasteiger partial charge in [-0.3, -0.25) is 9.78 Å². The van der Waals surface area contributed by atoms with Crippen molar-refractivity contribution in [2.75, 3.05) is 11.9 Å². The molecule has 0 fully saturated rings. The van der Waals surface area contributed by atoms with Gasteiger partial charge in [-0.05, 0) is 38.8 Å². The fourth-order valence-electron chi connectivity index (χ4n) is 2.76. The highest BCUT2D eigenvalue weighted by Gasteiger charge is 2.10. The standard InChI is InChI=1S/C19H24N4O3/c1-11-5-12(2)18(13(3)6-11)21-9-17(25)23-22-8-16-15(10-24)7-20-14(4)19(16)26/h5-8,21,24,26H,9-10H2,1-4H3,(H,23,25)/b22-8+. The third-order valence-electron chi connectivity index (χ3n) is 4.01. The number of benzene rings is 1. The number of carbonyl (C=O) groups is 1. The third kappa shape index (κ3) is 4.58. The topological polar surface area (TPSA) is 107 Å². The molecule has 0 aliphatic rings. The average Bonchev–Trinajstić information content (AvgIpc) is 2.57. The molecule has 0 spiro atoms. The highest BCUT2D eigenvalue weighted by Crippen LogP contribution is 2.22. The fraction of sp³-hybridized carbons (Fsp3) is 0.316. The van der Waals surface area contributed by atoms with E-state index in [4.69, 9.17) is 0 Å². The van der Waals surface area contributed by atoms with E-state index in [1.54, 1.807) is 6.92 Å². The van der Waals surface area contributed by atoms with Gasteiger partial charge >= 0.3 is 0 Å². The number of hydrogen-bond acceptors (Lipinski definition) is 6. The van der Waals surface area contributed by atoms with Crippen molar-refractivity contribution < 1.29 is 15.0 Å². The monoisotopic (exact) mass is 356 g/mol. The van der Waals surface area contributed by atoms with Gasteiger partial charge in [0.2, 0.25) is 0 Å². The number of pyridine rings is 1. The van der Waals surface area contributed by atoms with E-state index in [2.05, 4.69) is 33.0 Å². The molecule has 1 heterocycles. The molecule has 26 heavy (non-hydrogen) atoms. The lowest BCUT2D eigenvalue weighted by Crippen LogP contribution is -2.26. The van der Waals surface area contributed by atoms with Crippen LogP contribution in [0.4, 0.5) is 5.69 Å². The molecule has 4 N–H and O–H groups in total. The van der Waals surface area contributed by atoms with Gasteiger partial charge in [-0.25, -0.2) is 5.43 Å². The van der Waals surface area contributed by atoms with Crippen molar-refractivity contribution >= 4 is 17.8 Å². The van der Waals surface area contributed by atoms with E-state index < -0.39 is 0 Å². The normalized spacial score (nSPS) is 11.0. The molecule has 1 amide bonds. The number of aromatic hydroxyl groups is 1. The smallest absolute Gasteiger partial charge is 0.259 e. The van der Waals surface area contributed by atoms with Crippen molar-refractivity contribution in [2.24, 2.45) is 5.10 Å². The summed E-state index contributed by atoms with van der Waals surface area (Å²) in [4.78, 5) is 16.0. The minimum Gasteiger partial charge on any atom is -0.505 e. The number of aryl methyl sites for hydroxylation is 4. The summed E-state index contributed by atoms with van der Waals surface area (Å²) in [6, 6.07) is 4.10. The Labute approximate surface area is 152 Å². The predicted octanol–water partition coefficient (Wildman–Crippen LogP) is 2.08. The van der Waals surface area contributed by atoms with Gasteiger partial charge in [0.25, 0.3) is 5.91 Å². The highest BCUT2D eigenvalue weighted by molar-refractivity contribution is 5.87. The molecule has 7 heteroatoms. The average molecular weight is 356 g/mol. The van der Waals surface area contributed by atoms with Gasteiger partial charge in [-0.1, -0.05) is 17.7 Å². The molecule has 0 unspecified atom stereocenters. The number of aromatic nitrogens is 1. The van der Waals surface area contributed by atoms with E-state index in [0.717, 1.165) is 16.8 Å². The molecular formula is C19H24N4O3. The van der Waals surface area contributed by atoms with Crippen LogP contribution in [-0.4, -0.2) is 33.9 Å². The second-order valence-electron chi connectivity index (χ2n) is 6.21. The molecule has 0 atom stereocenters. The number of anilines is 1. The molecule has 0 saturated heterocycles. The van der Waals surface area contributed by atoms with Crippen LogP contribution in [-0.2, 0) is 11.4 Å². The summed E-state index contributed by atoms with van der Waals surface area (Å²) in [6.45, 7) is 7.43. The maximum absolute atomic E-state index is 12.0. The molecule has 2 aromatic rings. The van der Waals surface area contributed by atoms with Crippen molar-refractivity contribution in [1.29, 1.82) is 0 Å². The van der Waals surface area contributed by atoms with Crippen molar-refractivity contribution in [3.63, 3.8) is 0 Å². The van der Waals surface area contributed by atoms with E-state index in [0.29, 0.717) is 16.8 Å². The van der Waals surface area contributed by atoms with Gasteiger partial charge in [0.15, 0.2) is 0 Å². The molecule has 0 aliphatic heterocycles. The van der Waals surface area contributed by atoms with E-state index in [-0.39, 0.29) is 24.8 Å². The van der Waals surface area contributed by atoms with Crippen molar-refractivity contribution in [1.82, 2.24) is 10.4 Å². The molecule has 138 valence electrons. The minimum absolute atomic E-state index is 0.0658. The van der Waals surface area contributed by atoms with E-state index >= 15 is 0 Å². The maximum atomic E-state index is 12.0. The summed E-state index contributed by atoms with van der Waals surface area (Å²) in [5, 5.41) is 26.3. The number of nitrogens with one attached hydrogen (secondary N) is 2. The zero-order chi connectivity index (χ0) is 19.3. The van der Waals surface area contributed by atoms with E-state index in [1.165, 1.54) is 18.0 Å². The number of carbonyl (C=O) groups excluding carboxylic acids is 1. The molecule has 1 aromatic heterocycles. The van der Waals surface area contributed by atoms with Crippen LogP contribution in [0.25, 0.3) is 0 Å². The maximum Gasteiger partial charge on any atom is 0.259 e. The number of rotatable bonds is 6. The zero-order valence-corrected chi connectivity index (χ0v) is 15.4. The Balaban J connectivity index is 2.00. The van der Waals surface area contributed by atoms with Crippen LogP contribution in [0, 0.1) is 27.7 Å². The van der Waals surface area contributed by atoms with Crippen LogP contribution < -0.4 is 10.7 Å². The van der Waals surface area contributed by atoms with Gasteiger partial charge in [0, 0.05) is 23.0 Å². The molecule has 7 nitrogen and oxygen atoms in total. The van der Waals surface area contributed by atoms with Gasteiger partial charge in [0.1, 0.15) is 5.75 Å². The number of aliphatic hydroxyl groups is 1. The Kier molecular flexibility index (Phi) is 6.30. The van der Waals surface area contributed by atoms with Crippen LogP contribution in [0.1, 0.15) is 33.5 Å². The minimum atomic E-state index is -0.323. The predicted molar refractivity (Wildman–Crippen MR) is 101 cm³/mol. The Morgan fingerprint density at radius 1 is 1.23 bits per heavy atom. The molecule has 2 rings (SSSR count). The second-order valence-corrected chi connectivity index (χ2v) is 6.21. The lowest BCUT2D eigenvalue weighted by Gasteiger charge is -2.13. The number of hydrazone groups is 1. The molecule has 0 saturated carbocycles. The van der Waals surface area contributed by atoms with Gasteiger partial charge in [-0.15, -0.1) is 0 Å². The number of hydrogen-bond donors (Lipinski definition) is 4. The Morgan fingerprint density at radius 2 is 1.88 bits per heavy atom. The quantitative estimate of drug-likeness (QED) is 0.468. The fourth-order valence-corrected chi connectivity index (χ4v) is 2.76. The largest absolute Gasteiger partial charge is 0.505 e. The van der Waals surface area contributed by atoms with Crippen LogP contribution in [0.2, 0.25) is 0 Å². The summed E-state index contributed by atoms with van der Waals surface area (Å²) >= 11 is 0. The first-order chi connectivity index (χ1) is 12.3. The number of amides is 1.